The van der Waals surface area contributed by atoms with Gasteiger partial charge < -0.3 is 4.90 Å². The lowest BCUT2D eigenvalue weighted by molar-refractivity contribution is -0.138. The fourth-order valence-electron chi connectivity index (χ4n) is 4.64. The van der Waals surface area contributed by atoms with Gasteiger partial charge in [-0.05, 0) is 49.6 Å². The van der Waals surface area contributed by atoms with E-state index in [1.54, 1.807) is 0 Å². The topological polar surface area (TPSA) is 53.7 Å². The number of fused-ring (bicyclic) bond motifs is 2. The maximum Gasteiger partial charge on any atom is 0.240 e. The third-order valence-electron chi connectivity index (χ3n) is 6.28. The average Bonchev–Trinajstić information content (AvgIpc) is 3.17. The lowest BCUT2D eigenvalue weighted by Crippen LogP contribution is -2.51. The Hall–Kier alpha value is -2.73. The van der Waals surface area contributed by atoms with E-state index in [2.05, 4.69) is 55.7 Å². The van der Waals surface area contributed by atoms with Crippen LogP contribution >= 0.6 is 0 Å². The molecule has 1 saturated heterocycles. The van der Waals surface area contributed by atoms with Crippen LogP contribution in [0, 0.1) is 0 Å². The minimum atomic E-state index is -0.0552. The summed E-state index contributed by atoms with van der Waals surface area (Å²) in [5, 5.41) is 8.70. The highest BCUT2D eigenvalue weighted by Gasteiger charge is 2.34. The molecule has 28 heavy (non-hydrogen) atoms. The lowest BCUT2D eigenvalue weighted by atomic mass is 9.92. The van der Waals surface area contributed by atoms with Crippen molar-refractivity contribution in [2.75, 3.05) is 20.1 Å². The minimum Gasteiger partial charge on any atom is -0.341 e. The number of rotatable bonds is 2. The van der Waals surface area contributed by atoms with Crippen molar-refractivity contribution < 1.29 is 4.79 Å². The number of benzene rings is 1. The number of nitrogens with zero attached hydrogens (tertiary/aromatic N) is 5. The van der Waals surface area contributed by atoms with E-state index in [0.717, 1.165) is 50.4 Å². The van der Waals surface area contributed by atoms with Gasteiger partial charge in [-0.3, -0.25) is 14.1 Å². The van der Waals surface area contributed by atoms with Crippen LogP contribution in [0.1, 0.15) is 35.7 Å². The van der Waals surface area contributed by atoms with Crippen molar-refractivity contribution in [3.63, 3.8) is 0 Å². The molecule has 1 amide bonds. The number of likely N-dealkylation sites (tertiary alicyclic amines) is 1. The fourth-order valence-corrected chi connectivity index (χ4v) is 4.64. The molecule has 0 bridgehead atoms. The highest BCUT2D eigenvalue weighted by atomic mass is 16.2. The van der Waals surface area contributed by atoms with Gasteiger partial charge in [0.2, 0.25) is 5.91 Å². The van der Waals surface area contributed by atoms with Crippen LogP contribution in [0.5, 0.6) is 0 Å². The van der Waals surface area contributed by atoms with Crippen LogP contribution in [0.15, 0.2) is 48.7 Å². The number of aromatic nitrogens is 3. The molecule has 144 valence electrons. The van der Waals surface area contributed by atoms with Crippen LogP contribution in [-0.2, 0) is 17.8 Å². The van der Waals surface area contributed by atoms with Gasteiger partial charge in [-0.2, -0.15) is 0 Å². The monoisotopic (exact) mass is 375 g/mol. The predicted molar refractivity (Wildman–Crippen MR) is 107 cm³/mol. The number of likely N-dealkylation sites (N-methyl/N-ethyl adjacent to an activating group) is 1. The van der Waals surface area contributed by atoms with Gasteiger partial charge in [0.1, 0.15) is 5.82 Å². The summed E-state index contributed by atoms with van der Waals surface area (Å²) in [4.78, 5) is 17.5. The Morgan fingerprint density at radius 2 is 1.75 bits per heavy atom. The fraction of sp³-hybridized carbons (Fsp3) is 0.409. The molecule has 2 aliphatic rings. The van der Waals surface area contributed by atoms with Crippen LogP contribution in [0.4, 0.5) is 0 Å². The molecule has 2 aromatic heterocycles. The van der Waals surface area contributed by atoms with Crippen LogP contribution in [-0.4, -0.2) is 56.5 Å². The van der Waals surface area contributed by atoms with Crippen molar-refractivity contribution in [2.45, 2.75) is 37.8 Å². The van der Waals surface area contributed by atoms with Gasteiger partial charge in [0, 0.05) is 31.7 Å². The molecule has 1 atom stereocenters. The third kappa shape index (κ3) is 2.98. The highest BCUT2D eigenvalue weighted by molar-refractivity contribution is 5.82. The second kappa shape index (κ2) is 7.02. The zero-order valence-electron chi connectivity index (χ0n) is 16.2. The molecule has 0 spiro atoms. The third-order valence-corrected chi connectivity index (χ3v) is 6.28. The second-order valence-corrected chi connectivity index (χ2v) is 7.99. The van der Waals surface area contributed by atoms with Crippen LogP contribution in [0.25, 0.3) is 5.65 Å². The van der Waals surface area contributed by atoms with E-state index in [-0.39, 0.29) is 11.9 Å². The van der Waals surface area contributed by atoms with Crippen molar-refractivity contribution in [3.05, 3.63) is 65.6 Å². The summed E-state index contributed by atoms with van der Waals surface area (Å²) in [5.74, 6) is 1.64. The molecule has 6 heteroatoms. The zero-order valence-corrected chi connectivity index (χ0v) is 16.2. The van der Waals surface area contributed by atoms with E-state index in [9.17, 15) is 4.79 Å². The van der Waals surface area contributed by atoms with E-state index in [4.69, 9.17) is 0 Å². The molecule has 5 rings (SSSR count). The summed E-state index contributed by atoms with van der Waals surface area (Å²) in [6.07, 6.45) is 4.71. The zero-order chi connectivity index (χ0) is 19.1. The Kier molecular flexibility index (Phi) is 4.36. The molecular weight excluding hydrogens is 350 g/mol. The summed E-state index contributed by atoms with van der Waals surface area (Å²) in [7, 11) is 2.06. The van der Waals surface area contributed by atoms with Crippen molar-refractivity contribution >= 4 is 11.6 Å². The normalized spacial score (nSPS) is 21.0. The molecule has 0 radical (unpaired) electrons. The summed E-state index contributed by atoms with van der Waals surface area (Å²) < 4.78 is 2.08. The van der Waals surface area contributed by atoms with E-state index < -0.39 is 0 Å². The summed E-state index contributed by atoms with van der Waals surface area (Å²) >= 11 is 0. The molecule has 0 N–H and O–H groups in total. The number of hydrogen-bond acceptors (Lipinski definition) is 4. The molecule has 3 aromatic rings. The minimum absolute atomic E-state index is 0.0552. The van der Waals surface area contributed by atoms with E-state index in [1.807, 2.05) is 24.4 Å². The number of pyridine rings is 1. The van der Waals surface area contributed by atoms with Crippen molar-refractivity contribution in [2.24, 2.45) is 0 Å². The largest absolute Gasteiger partial charge is 0.341 e. The maximum absolute atomic E-state index is 13.2. The molecule has 1 fully saturated rings. The first-order valence-electron chi connectivity index (χ1n) is 10.1. The lowest BCUT2D eigenvalue weighted by Gasteiger charge is -2.38. The molecule has 2 aliphatic heterocycles. The Bertz CT molecular complexity index is 1000. The second-order valence-electron chi connectivity index (χ2n) is 7.99. The first kappa shape index (κ1) is 17.4. The van der Waals surface area contributed by atoms with E-state index in [1.165, 1.54) is 11.1 Å². The van der Waals surface area contributed by atoms with Gasteiger partial charge in [-0.15, -0.1) is 10.2 Å². The molecule has 1 aromatic carbocycles. The summed E-state index contributed by atoms with van der Waals surface area (Å²) in [5.41, 5.74) is 3.54. The van der Waals surface area contributed by atoms with E-state index in [0.29, 0.717) is 5.92 Å². The Balaban J connectivity index is 1.27. The van der Waals surface area contributed by atoms with Gasteiger partial charge in [-0.25, -0.2) is 0 Å². The average molecular weight is 375 g/mol. The number of hydrogen-bond donors (Lipinski definition) is 0. The van der Waals surface area contributed by atoms with Gasteiger partial charge in [0.15, 0.2) is 5.65 Å². The Morgan fingerprint density at radius 3 is 2.57 bits per heavy atom. The molecule has 6 nitrogen and oxygen atoms in total. The standard InChI is InChI=1S/C22H25N5O/c1-25-15-18-7-3-2-6-17(18)14-19(25)22(28)26-12-9-16(10-13-26)21-24-23-20-8-4-5-11-27(20)21/h2-8,11,16,19H,9-10,12-15H2,1H3. The van der Waals surface area contributed by atoms with Crippen molar-refractivity contribution in [1.82, 2.24) is 24.4 Å². The number of carbonyl (C=O) groups is 1. The number of carbonyl (C=O) groups excluding carboxylic acids is 1. The van der Waals surface area contributed by atoms with Gasteiger partial charge in [-0.1, -0.05) is 30.3 Å². The highest BCUT2D eigenvalue weighted by Crippen LogP contribution is 2.29. The SMILES string of the molecule is CN1Cc2ccccc2CC1C(=O)N1CCC(c2nnc3ccccn23)CC1. The van der Waals surface area contributed by atoms with Crippen molar-refractivity contribution in [3.8, 4) is 0 Å². The predicted octanol–water partition coefficient (Wildman–Crippen LogP) is 2.49. The Morgan fingerprint density at radius 1 is 1.00 bits per heavy atom. The molecular formula is C22H25N5O. The number of piperidine rings is 1. The van der Waals surface area contributed by atoms with Gasteiger partial charge >= 0.3 is 0 Å². The van der Waals surface area contributed by atoms with E-state index >= 15 is 0 Å². The molecule has 0 saturated carbocycles. The summed E-state index contributed by atoms with van der Waals surface area (Å²) in [6, 6.07) is 14.4. The first-order chi connectivity index (χ1) is 13.7. The Labute approximate surface area is 164 Å². The van der Waals surface area contributed by atoms with Crippen LogP contribution < -0.4 is 0 Å². The van der Waals surface area contributed by atoms with Crippen LogP contribution in [0.3, 0.4) is 0 Å². The van der Waals surface area contributed by atoms with Gasteiger partial charge in [0.25, 0.3) is 0 Å². The smallest absolute Gasteiger partial charge is 0.240 e. The first-order valence-corrected chi connectivity index (χ1v) is 10.1. The molecule has 1 unspecified atom stereocenters. The maximum atomic E-state index is 13.2. The van der Waals surface area contributed by atoms with Crippen molar-refractivity contribution in [1.29, 1.82) is 0 Å². The molecule has 0 aliphatic carbocycles. The quantitative estimate of drug-likeness (QED) is 0.691. The number of amides is 1. The van der Waals surface area contributed by atoms with Crippen LogP contribution in [0.2, 0.25) is 0 Å². The van der Waals surface area contributed by atoms with Gasteiger partial charge in [0.05, 0.1) is 6.04 Å². The summed E-state index contributed by atoms with van der Waals surface area (Å²) in [6.45, 7) is 2.42. The molecule has 4 heterocycles.